The highest BCUT2D eigenvalue weighted by atomic mass is 16.5. The van der Waals surface area contributed by atoms with Crippen molar-refractivity contribution in [2.75, 3.05) is 19.8 Å². The first kappa shape index (κ1) is 12.2. The Balaban J connectivity index is 2.04. The highest BCUT2D eigenvalue weighted by molar-refractivity contribution is 5.79. The molecule has 0 bridgehead atoms. The predicted molar refractivity (Wildman–Crippen MR) is 64.4 cm³/mol. The molecule has 1 aromatic carbocycles. The Labute approximate surface area is 105 Å². The van der Waals surface area contributed by atoms with E-state index in [0.717, 1.165) is 12.0 Å². The van der Waals surface area contributed by atoms with Gasteiger partial charge in [-0.3, -0.25) is 4.79 Å². The summed E-state index contributed by atoms with van der Waals surface area (Å²) < 4.78 is 11.0. The number of nitrogens with zero attached hydrogens (tertiary/aromatic N) is 1. The highest BCUT2D eigenvalue weighted by Gasteiger charge is 2.11. The van der Waals surface area contributed by atoms with E-state index in [1.165, 1.54) is 0 Å². The first-order valence-corrected chi connectivity index (χ1v) is 5.82. The summed E-state index contributed by atoms with van der Waals surface area (Å²) in [5.41, 5.74) is 0.842. The minimum Gasteiger partial charge on any atom is -0.490 e. The molecule has 1 aromatic rings. The average molecular weight is 246 g/mol. The maximum absolute atomic E-state index is 11.5. The molecule has 0 fully saturated rings. The number of carbonyl (C=O) groups excluding carboxylic acids is 1. The zero-order chi connectivity index (χ0) is 12.8. The van der Waals surface area contributed by atoms with Crippen molar-refractivity contribution >= 4 is 5.91 Å². The summed E-state index contributed by atoms with van der Waals surface area (Å²) >= 11 is 0. The van der Waals surface area contributed by atoms with Gasteiger partial charge in [-0.15, -0.1) is 0 Å². The maximum Gasteiger partial charge on any atom is 0.225 e. The van der Waals surface area contributed by atoms with Crippen LogP contribution in [-0.2, 0) is 11.2 Å². The fourth-order valence-corrected chi connectivity index (χ4v) is 1.70. The lowest BCUT2D eigenvalue weighted by Crippen LogP contribution is -2.25. The van der Waals surface area contributed by atoms with E-state index in [-0.39, 0.29) is 18.9 Å². The zero-order valence-electron chi connectivity index (χ0n) is 9.94. The molecule has 0 aliphatic carbocycles. The molecule has 0 saturated carbocycles. The number of carbonyl (C=O) groups is 1. The molecule has 1 heterocycles. The van der Waals surface area contributed by atoms with Crippen molar-refractivity contribution < 1.29 is 14.3 Å². The van der Waals surface area contributed by atoms with Crippen LogP contribution in [0.2, 0.25) is 0 Å². The molecule has 0 radical (unpaired) electrons. The Morgan fingerprint density at radius 3 is 2.89 bits per heavy atom. The normalized spacial score (nSPS) is 13.3. The summed E-state index contributed by atoms with van der Waals surface area (Å²) in [5.74, 6) is 1.22. The summed E-state index contributed by atoms with van der Waals surface area (Å²) in [7, 11) is 0. The second kappa shape index (κ2) is 5.92. The third-order valence-corrected chi connectivity index (χ3v) is 2.54. The van der Waals surface area contributed by atoms with Crippen LogP contribution in [0.1, 0.15) is 12.0 Å². The maximum atomic E-state index is 11.5. The predicted octanol–water partition coefficient (Wildman–Crippen LogP) is 1.03. The molecule has 0 spiro atoms. The van der Waals surface area contributed by atoms with Crippen molar-refractivity contribution in [2.45, 2.75) is 12.8 Å². The number of hydrogen-bond donors (Lipinski definition) is 1. The summed E-state index contributed by atoms with van der Waals surface area (Å²) in [6, 6.07) is 7.32. The zero-order valence-corrected chi connectivity index (χ0v) is 9.94. The van der Waals surface area contributed by atoms with Gasteiger partial charge in [0.05, 0.1) is 25.7 Å². The number of fused-ring (bicyclic) bond motifs is 1. The second-order valence-corrected chi connectivity index (χ2v) is 3.94. The lowest BCUT2D eigenvalue weighted by atomic mass is 10.1. The van der Waals surface area contributed by atoms with Crippen LogP contribution in [0.25, 0.3) is 0 Å². The van der Waals surface area contributed by atoms with Crippen LogP contribution in [-0.4, -0.2) is 25.7 Å². The number of hydrogen-bond acceptors (Lipinski definition) is 4. The highest BCUT2D eigenvalue weighted by Crippen LogP contribution is 2.30. The monoisotopic (exact) mass is 246 g/mol. The Bertz CT molecular complexity index is 480. The first-order chi connectivity index (χ1) is 8.79. The van der Waals surface area contributed by atoms with Gasteiger partial charge in [0, 0.05) is 6.42 Å². The van der Waals surface area contributed by atoms with Crippen LogP contribution < -0.4 is 14.8 Å². The van der Waals surface area contributed by atoms with E-state index in [4.69, 9.17) is 14.7 Å². The van der Waals surface area contributed by atoms with E-state index in [0.29, 0.717) is 24.7 Å². The minimum absolute atomic E-state index is 0.0311. The van der Waals surface area contributed by atoms with Crippen LogP contribution >= 0.6 is 0 Å². The number of benzene rings is 1. The average Bonchev–Trinajstić information content (AvgIpc) is 2.61. The third-order valence-electron chi connectivity index (χ3n) is 2.54. The Morgan fingerprint density at radius 1 is 1.33 bits per heavy atom. The quantitative estimate of drug-likeness (QED) is 0.808. The molecule has 5 nitrogen and oxygen atoms in total. The molecule has 2 rings (SSSR count). The Morgan fingerprint density at radius 2 is 2.11 bits per heavy atom. The van der Waals surface area contributed by atoms with E-state index >= 15 is 0 Å². The molecule has 94 valence electrons. The van der Waals surface area contributed by atoms with Crippen molar-refractivity contribution in [1.82, 2.24) is 5.32 Å². The number of amides is 1. The molecule has 5 heteroatoms. The van der Waals surface area contributed by atoms with E-state index in [9.17, 15) is 4.79 Å². The van der Waals surface area contributed by atoms with Crippen molar-refractivity contribution in [1.29, 1.82) is 5.26 Å². The molecule has 0 unspecified atom stereocenters. The van der Waals surface area contributed by atoms with E-state index in [1.54, 1.807) is 0 Å². The Hall–Kier alpha value is -2.22. The van der Waals surface area contributed by atoms with Gasteiger partial charge in [0.25, 0.3) is 0 Å². The third kappa shape index (κ3) is 3.14. The number of ether oxygens (including phenoxy) is 2. The van der Waals surface area contributed by atoms with Gasteiger partial charge in [0.15, 0.2) is 11.5 Å². The summed E-state index contributed by atoms with van der Waals surface area (Å²) in [5, 5.41) is 10.9. The molecule has 0 aromatic heterocycles. The SMILES string of the molecule is N#CCNC(=O)Cc1ccc2c(c1)OCCCO2. The van der Waals surface area contributed by atoms with Gasteiger partial charge in [-0.25, -0.2) is 0 Å². The standard InChI is InChI=1S/C13H14N2O3/c14-4-5-15-13(16)9-10-2-3-11-12(8-10)18-7-1-6-17-11/h2-3,8H,1,5-7,9H2,(H,15,16). The van der Waals surface area contributed by atoms with Crippen LogP contribution in [0.5, 0.6) is 11.5 Å². The lowest BCUT2D eigenvalue weighted by Gasteiger charge is -2.09. The topological polar surface area (TPSA) is 71.4 Å². The lowest BCUT2D eigenvalue weighted by molar-refractivity contribution is -0.120. The fraction of sp³-hybridized carbons (Fsp3) is 0.385. The van der Waals surface area contributed by atoms with Crippen LogP contribution in [0.15, 0.2) is 18.2 Å². The molecule has 1 N–H and O–H groups in total. The largest absolute Gasteiger partial charge is 0.490 e. The van der Waals surface area contributed by atoms with Crippen molar-refractivity contribution in [3.63, 3.8) is 0 Å². The molecule has 0 saturated heterocycles. The molecule has 1 aliphatic heterocycles. The summed E-state index contributed by atoms with van der Waals surface area (Å²) in [4.78, 5) is 11.5. The molecular formula is C13H14N2O3. The number of rotatable bonds is 3. The number of nitrogens with one attached hydrogen (secondary N) is 1. The van der Waals surface area contributed by atoms with Crippen LogP contribution in [0.4, 0.5) is 0 Å². The van der Waals surface area contributed by atoms with Gasteiger partial charge in [-0.2, -0.15) is 5.26 Å². The van der Waals surface area contributed by atoms with Crippen LogP contribution in [0, 0.1) is 11.3 Å². The number of nitriles is 1. The first-order valence-electron chi connectivity index (χ1n) is 5.82. The second-order valence-electron chi connectivity index (χ2n) is 3.94. The van der Waals surface area contributed by atoms with Crippen LogP contribution in [0.3, 0.4) is 0 Å². The summed E-state index contributed by atoms with van der Waals surface area (Å²) in [6.07, 6.45) is 1.09. The van der Waals surface area contributed by atoms with Crippen molar-refractivity contribution in [3.05, 3.63) is 23.8 Å². The van der Waals surface area contributed by atoms with E-state index in [2.05, 4.69) is 5.32 Å². The van der Waals surface area contributed by atoms with Gasteiger partial charge < -0.3 is 14.8 Å². The molecular weight excluding hydrogens is 232 g/mol. The molecule has 1 aliphatic rings. The Kier molecular flexibility index (Phi) is 4.02. The molecule has 18 heavy (non-hydrogen) atoms. The van der Waals surface area contributed by atoms with Gasteiger partial charge >= 0.3 is 0 Å². The summed E-state index contributed by atoms with van der Waals surface area (Å²) in [6.45, 7) is 1.30. The molecule has 1 amide bonds. The van der Waals surface area contributed by atoms with Gasteiger partial charge in [0.1, 0.15) is 6.54 Å². The molecule has 0 atom stereocenters. The van der Waals surface area contributed by atoms with Crippen molar-refractivity contribution in [3.8, 4) is 17.6 Å². The smallest absolute Gasteiger partial charge is 0.225 e. The fourth-order valence-electron chi connectivity index (χ4n) is 1.70. The van der Waals surface area contributed by atoms with Gasteiger partial charge in [0.2, 0.25) is 5.91 Å². The van der Waals surface area contributed by atoms with E-state index in [1.807, 2.05) is 24.3 Å². The van der Waals surface area contributed by atoms with E-state index < -0.39 is 0 Å². The van der Waals surface area contributed by atoms with Gasteiger partial charge in [-0.1, -0.05) is 6.07 Å². The van der Waals surface area contributed by atoms with Gasteiger partial charge in [-0.05, 0) is 17.7 Å². The van der Waals surface area contributed by atoms with Crippen molar-refractivity contribution in [2.24, 2.45) is 0 Å². The minimum atomic E-state index is -0.175.